The van der Waals surface area contributed by atoms with Crippen molar-refractivity contribution in [3.63, 3.8) is 0 Å². The quantitative estimate of drug-likeness (QED) is 0.326. The average molecular weight is 444 g/mol. The van der Waals surface area contributed by atoms with Crippen LogP contribution in [0.15, 0.2) is 59.3 Å². The van der Waals surface area contributed by atoms with Crippen molar-refractivity contribution in [3.8, 4) is 0 Å². The predicted octanol–water partition coefficient (Wildman–Crippen LogP) is 4.42. The zero-order chi connectivity index (χ0) is 20.1. The van der Waals surface area contributed by atoms with Gasteiger partial charge in [-0.15, -0.1) is 0 Å². The Hall–Kier alpha value is -3.53. The number of esters is 1. The molecule has 0 saturated carbocycles. The fraction of sp³-hybridized carbons (Fsp3) is 0.0556. The van der Waals surface area contributed by atoms with E-state index in [9.17, 15) is 14.9 Å². The van der Waals surface area contributed by atoms with Crippen LogP contribution in [0, 0.1) is 10.1 Å². The van der Waals surface area contributed by atoms with Crippen LogP contribution in [0.5, 0.6) is 0 Å². The summed E-state index contributed by atoms with van der Waals surface area (Å²) < 4.78 is 5.62. The first-order valence-electron chi connectivity index (χ1n) is 7.96. The van der Waals surface area contributed by atoms with Gasteiger partial charge in [-0.05, 0) is 36.4 Å². The number of carbonyl (C=O) groups excluding carboxylic acids is 1. The molecule has 2 aromatic carbocycles. The van der Waals surface area contributed by atoms with Gasteiger partial charge in [0.05, 0.1) is 23.3 Å². The van der Waals surface area contributed by atoms with Crippen molar-refractivity contribution >= 4 is 50.6 Å². The summed E-state index contributed by atoms with van der Waals surface area (Å²) in [5.41, 5.74) is 0.807. The summed E-state index contributed by atoms with van der Waals surface area (Å²) in [6.45, 7) is 0. The molecule has 0 unspecified atom stereocenters. The molecule has 0 amide bonds. The van der Waals surface area contributed by atoms with Crippen molar-refractivity contribution in [2.24, 2.45) is 0 Å². The molecule has 28 heavy (non-hydrogen) atoms. The highest BCUT2D eigenvalue weighted by molar-refractivity contribution is 9.10. The Morgan fingerprint density at radius 3 is 2.36 bits per heavy atom. The van der Waals surface area contributed by atoms with Gasteiger partial charge in [-0.3, -0.25) is 10.1 Å². The van der Waals surface area contributed by atoms with Crippen LogP contribution in [0.4, 0.5) is 28.7 Å². The maximum atomic E-state index is 11.9. The fourth-order valence-electron chi connectivity index (χ4n) is 2.41. The predicted molar refractivity (Wildman–Crippen MR) is 107 cm³/mol. The number of para-hydroxylation sites is 1. The minimum Gasteiger partial charge on any atom is -0.465 e. The van der Waals surface area contributed by atoms with Crippen LogP contribution < -0.4 is 10.6 Å². The highest BCUT2D eigenvalue weighted by atomic mass is 79.9. The van der Waals surface area contributed by atoms with Gasteiger partial charge in [0.2, 0.25) is 11.6 Å². The molecule has 10 heteroatoms. The molecular weight excluding hydrogens is 430 g/mol. The Balaban J connectivity index is 2.00. The van der Waals surface area contributed by atoms with Gasteiger partial charge in [-0.2, -0.15) is 0 Å². The lowest BCUT2D eigenvalue weighted by atomic mass is 10.2. The van der Waals surface area contributed by atoms with Crippen molar-refractivity contribution in [3.05, 3.63) is 75.0 Å². The Morgan fingerprint density at radius 2 is 1.71 bits per heavy atom. The molecule has 3 aromatic rings. The summed E-state index contributed by atoms with van der Waals surface area (Å²) in [5.74, 6) is -0.621. The van der Waals surface area contributed by atoms with Crippen LogP contribution in [-0.2, 0) is 4.74 Å². The van der Waals surface area contributed by atoms with Crippen LogP contribution in [0.25, 0.3) is 0 Å². The largest absolute Gasteiger partial charge is 0.465 e. The van der Waals surface area contributed by atoms with Gasteiger partial charge in [-0.25, -0.2) is 14.8 Å². The third-order valence-corrected chi connectivity index (χ3v) is 4.23. The van der Waals surface area contributed by atoms with Gasteiger partial charge in [-0.1, -0.05) is 28.1 Å². The number of carbonyl (C=O) groups is 1. The van der Waals surface area contributed by atoms with Crippen LogP contribution >= 0.6 is 15.9 Å². The molecule has 0 bridgehead atoms. The molecule has 0 fully saturated rings. The summed E-state index contributed by atoms with van der Waals surface area (Å²) >= 11 is 3.33. The minimum atomic E-state index is -0.593. The summed E-state index contributed by atoms with van der Waals surface area (Å²) in [6.07, 6.45) is 1.19. The maximum Gasteiger partial charge on any atom is 0.353 e. The molecule has 0 atom stereocenters. The Labute approximate surface area is 168 Å². The Kier molecular flexibility index (Phi) is 5.80. The van der Waals surface area contributed by atoms with Gasteiger partial charge in [0, 0.05) is 10.2 Å². The van der Waals surface area contributed by atoms with E-state index >= 15 is 0 Å². The van der Waals surface area contributed by atoms with Gasteiger partial charge < -0.3 is 15.4 Å². The first-order chi connectivity index (χ1) is 13.5. The number of nitro groups is 1. The lowest BCUT2D eigenvalue weighted by molar-refractivity contribution is -0.383. The summed E-state index contributed by atoms with van der Waals surface area (Å²) in [5, 5.41) is 17.4. The van der Waals surface area contributed by atoms with E-state index in [0.717, 1.165) is 4.47 Å². The van der Waals surface area contributed by atoms with Gasteiger partial charge in [0.1, 0.15) is 6.33 Å². The second-order valence-corrected chi connectivity index (χ2v) is 6.39. The smallest absolute Gasteiger partial charge is 0.353 e. The molecule has 142 valence electrons. The maximum absolute atomic E-state index is 11.9. The second kappa shape index (κ2) is 8.44. The van der Waals surface area contributed by atoms with E-state index in [1.54, 1.807) is 48.5 Å². The molecule has 9 nitrogen and oxygen atoms in total. The normalized spacial score (nSPS) is 10.2. The third-order valence-electron chi connectivity index (χ3n) is 3.70. The molecule has 0 radical (unpaired) electrons. The van der Waals surface area contributed by atoms with Crippen LogP contribution in [-0.4, -0.2) is 28.0 Å². The number of nitrogens with zero attached hydrogens (tertiary/aromatic N) is 3. The number of halogens is 1. The molecule has 1 heterocycles. The Bertz CT molecular complexity index is 1030. The van der Waals surface area contributed by atoms with E-state index in [2.05, 4.69) is 36.5 Å². The molecule has 2 N–H and O–H groups in total. The van der Waals surface area contributed by atoms with Crippen molar-refractivity contribution in [1.29, 1.82) is 0 Å². The van der Waals surface area contributed by atoms with E-state index in [1.807, 2.05) is 0 Å². The van der Waals surface area contributed by atoms with E-state index in [0.29, 0.717) is 11.4 Å². The standard InChI is InChI=1S/C18H14BrN5O4/c1-28-18(25)13-4-2-3-5-14(13)23-17-15(24(26)27)16(20-10-21-17)22-12-8-6-11(19)7-9-12/h2-10H,1H3,(H2,20,21,22,23). The number of benzene rings is 2. The first-order valence-corrected chi connectivity index (χ1v) is 8.75. The molecule has 0 aliphatic carbocycles. The molecule has 3 rings (SSSR count). The van der Waals surface area contributed by atoms with Gasteiger partial charge in [0.25, 0.3) is 0 Å². The van der Waals surface area contributed by atoms with Crippen LogP contribution in [0.1, 0.15) is 10.4 Å². The van der Waals surface area contributed by atoms with E-state index in [4.69, 9.17) is 4.74 Å². The summed E-state index contributed by atoms with van der Waals surface area (Å²) in [4.78, 5) is 31.0. The van der Waals surface area contributed by atoms with E-state index in [1.165, 1.54) is 13.4 Å². The Morgan fingerprint density at radius 1 is 1.07 bits per heavy atom. The lowest BCUT2D eigenvalue weighted by Crippen LogP contribution is -2.09. The molecule has 1 aromatic heterocycles. The minimum absolute atomic E-state index is 0.0142. The fourth-order valence-corrected chi connectivity index (χ4v) is 2.68. The number of hydrogen-bond acceptors (Lipinski definition) is 8. The number of aromatic nitrogens is 2. The highest BCUT2D eigenvalue weighted by Crippen LogP contribution is 2.34. The van der Waals surface area contributed by atoms with Crippen molar-refractivity contribution in [1.82, 2.24) is 9.97 Å². The number of rotatable bonds is 6. The molecule has 0 saturated heterocycles. The zero-order valence-electron chi connectivity index (χ0n) is 14.5. The number of anilines is 4. The van der Waals surface area contributed by atoms with Crippen LogP contribution in [0.3, 0.4) is 0 Å². The van der Waals surface area contributed by atoms with E-state index < -0.39 is 10.9 Å². The van der Waals surface area contributed by atoms with Gasteiger partial charge >= 0.3 is 11.7 Å². The average Bonchev–Trinajstić information content (AvgIpc) is 2.69. The van der Waals surface area contributed by atoms with Crippen molar-refractivity contribution < 1.29 is 14.5 Å². The molecule has 0 aliphatic heterocycles. The lowest BCUT2D eigenvalue weighted by Gasteiger charge is -2.12. The monoisotopic (exact) mass is 443 g/mol. The highest BCUT2D eigenvalue weighted by Gasteiger charge is 2.24. The van der Waals surface area contributed by atoms with Crippen LogP contribution in [0.2, 0.25) is 0 Å². The summed E-state index contributed by atoms with van der Waals surface area (Å²) in [7, 11) is 1.26. The topological polar surface area (TPSA) is 119 Å². The summed E-state index contributed by atoms with van der Waals surface area (Å²) in [6, 6.07) is 13.6. The van der Waals surface area contributed by atoms with Crippen molar-refractivity contribution in [2.75, 3.05) is 17.7 Å². The van der Waals surface area contributed by atoms with E-state index in [-0.39, 0.29) is 22.9 Å². The molecular formula is C18H14BrN5O4. The second-order valence-electron chi connectivity index (χ2n) is 5.47. The molecule has 0 spiro atoms. The number of methoxy groups -OCH3 is 1. The first kappa shape index (κ1) is 19.2. The number of hydrogen-bond donors (Lipinski definition) is 2. The van der Waals surface area contributed by atoms with Crippen molar-refractivity contribution in [2.45, 2.75) is 0 Å². The zero-order valence-corrected chi connectivity index (χ0v) is 16.1. The SMILES string of the molecule is COC(=O)c1ccccc1Nc1ncnc(Nc2ccc(Br)cc2)c1[N+](=O)[O-]. The van der Waals surface area contributed by atoms with Gasteiger partial charge in [0.15, 0.2) is 0 Å². The third kappa shape index (κ3) is 4.23. The number of nitrogens with one attached hydrogen (secondary N) is 2. The number of ether oxygens (including phenoxy) is 1. The molecule has 0 aliphatic rings.